The molecule has 0 aromatic carbocycles. The molecule has 112 valence electrons. The normalized spacial score (nSPS) is 10.4. The third-order valence-corrected chi connectivity index (χ3v) is 4.33. The Morgan fingerprint density at radius 1 is 1.33 bits per heavy atom. The van der Waals surface area contributed by atoms with E-state index in [1.807, 2.05) is 31.0 Å². The first-order valence-corrected chi connectivity index (χ1v) is 7.46. The van der Waals surface area contributed by atoms with Crippen molar-refractivity contribution in [1.29, 1.82) is 0 Å². The van der Waals surface area contributed by atoms with E-state index in [2.05, 4.69) is 9.97 Å². The highest BCUT2D eigenvalue weighted by molar-refractivity contribution is 7.18. The highest BCUT2D eigenvalue weighted by Gasteiger charge is 2.21. The number of nitrogen functional groups attached to an aromatic ring is 1. The molecular weight excluding hydrogens is 286 g/mol. The van der Waals surface area contributed by atoms with Crippen molar-refractivity contribution in [1.82, 2.24) is 14.9 Å². The van der Waals surface area contributed by atoms with Gasteiger partial charge in [0.2, 0.25) is 0 Å². The fourth-order valence-electron chi connectivity index (χ4n) is 1.78. The molecule has 0 spiro atoms. The molecule has 0 aliphatic rings. The number of rotatable bonds is 5. The van der Waals surface area contributed by atoms with Gasteiger partial charge in [0.15, 0.2) is 5.13 Å². The molecule has 2 aromatic heterocycles. The van der Waals surface area contributed by atoms with Crippen molar-refractivity contribution in [3.8, 4) is 0 Å². The summed E-state index contributed by atoms with van der Waals surface area (Å²) in [6, 6.07) is 3.77. The van der Waals surface area contributed by atoms with Gasteiger partial charge in [-0.05, 0) is 24.6 Å². The maximum Gasteiger partial charge on any atom is 0.267 e. The van der Waals surface area contributed by atoms with Crippen LogP contribution in [-0.4, -0.2) is 41.4 Å². The Kier molecular flexibility index (Phi) is 4.74. The molecule has 0 aliphatic heterocycles. The van der Waals surface area contributed by atoms with Gasteiger partial charge in [-0.2, -0.15) is 0 Å². The summed E-state index contributed by atoms with van der Waals surface area (Å²) in [6.45, 7) is 3.35. The number of nitrogens with zero attached hydrogens (tertiary/aromatic N) is 4. The van der Waals surface area contributed by atoms with Gasteiger partial charge in [0.05, 0.1) is 0 Å². The van der Waals surface area contributed by atoms with E-state index in [9.17, 15) is 4.79 Å². The zero-order chi connectivity index (χ0) is 15.4. The number of aromatic nitrogens is 2. The fourth-order valence-corrected chi connectivity index (χ4v) is 2.78. The van der Waals surface area contributed by atoms with Crippen molar-refractivity contribution in [2.45, 2.75) is 13.5 Å². The number of nitrogens with two attached hydrogens (primary N) is 1. The molecule has 0 saturated carbocycles. The second-order valence-corrected chi connectivity index (χ2v) is 5.72. The summed E-state index contributed by atoms with van der Waals surface area (Å²) in [5.74, 6) is 0.180. The first-order chi connectivity index (χ1) is 10.0. The van der Waals surface area contributed by atoms with Crippen LogP contribution in [0.2, 0.25) is 0 Å². The van der Waals surface area contributed by atoms with E-state index >= 15 is 0 Å². The molecule has 2 rings (SSSR count). The Labute approximate surface area is 128 Å². The van der Waals surface area contributed by atoms with E-state index in [0.717, 1.165) is 17.2 Å². The monoisotopic (exact) mass is 305 g/mol. The summed E-state index contributed by atoms with van der Waals surface area (Å²) in [4.78, 5) is 24.8. The molecule has 0 saturated heterocycles. The van der Waals surface area contributed by atoms with Crippen molar-refractivity contribution in [2.75, 3.05) is 31.3 Å². The zero-order valence-electron chi connectivity index (χ0n) is 12.4. The van der Waals surface area contributed by atoms with E-state index < -0.39 is 0 Å². The lowest BCUT2D eigenvalue weighted by Gasteiger charge is -2.16. The zero-order valence-corrected chi connectivity index (χ0v) is 13.2. The minimum atomic E-state index is -0.113. The predicted molar refractivity (Wildman–Crippen MR) is 85.5 cm³/mol. The highest BCUT2D eigenvalue weighted by Crippen LogP contribution is 2.28. The largest absolute Gasteiger partial charge is 0.382 e. The Balaban J connectivity index is 2.14. The summed E-state index contributed by atoms with van der Waals surface area (Å²) >= 11 is 1.33. The van der Waals surface area contributed by atoms with Gasteiger partial charge in [-0.3, -0.25) is 9.78 Å². The number of thiazole rings is 1. The van der Waals surface area contributed by atoms with Crippen LogP contribution < -0.4 is 10.6 Å². The van der Waals surface area contributed by atoms with E-state index in [1.165, 1.54) is 11.3 Å². The molecule has 0 bridgehead atoms. The first kappa shape index (κ1) is 15.2. The van der Waals surface area contributed by atoms with Crippen LogP contribution in [-0.2, 0) is 6.54 Å². The van der Waals surface area contributed by atoms with Crippen LogP contribution in [0.25, 0.3) is 0 Å². The molecule has 2 aromatic rings. The van der Waals surface area contributed by atoms with E-state index in [4.69, 9.17) is 5.73 Å². The van der Waals surface area contributed by atoms with Crippen molar-refractivity contribution in [3.63, 3.8) is 0 Å². The van der Waals surface area contributed by atoms with Crippen LogP contribution in [0.5, 0.6) is 0 Å². The standard InChI is InChI=1S/C14H19N5OS/c1-4-18(2)14-17-12(15)11(21-14)13(20)19(3)9-10-5-7-16-8-6-10/h5-8H,4,9,15H2,1-3H3. The minimum Gasteiger partial charge on any atom is -0.382 e. The van der Waals surface area contributed by atoms with Gasteiger partial charge in [0, 0.05) is 39.6 Å². The molecule has 0 unspecified atom stereocenters. The molecule has 21 heavy (non-hydrogen) atoms. The van der Waals surface area contributed by atoms with Crippen molar-refractivity contribution >= 4 is 28.2 Å². The van der Waals surface area contributed by atoms with E-state index in [0.29, 0.717) is 17.2 Å². The number of anilines is 2. The molecule has 6 nitrogen and oxygen atoms in total. The third-order valence-electron chi connectivity index (χ3n) is 3.15. The van der Waals surface area contributed by atoms with Gasteiger partial charge in [0.25, 0.3) is 5.91 Å². The van der Waals surface area contributed by atoms with Crippen molar-refractivity contribution < 1.29 is 4.79 Å². The lowest BCUT2D eigenvalue weighted by Crippen LogP contribution is -2.26. The molecule has 1 amide bonds. The average molecular weight is 305 g/mol. The van der Waals surface area contributed by atoms with Crippen LogP contribution in [0.3, 0.4) is 0 Å². The quantitative estimate of drug-likeness (QED) is 0.912. The van der Waals surface area contributed by atoms with Gasteiger partial charge in [0.1, 0.15) is 10.7 Å². The van der Waals surface area contributed by atoms with Crippen molar-refractivity contribution in [3.05, 3.63) is 35.0 Å². The fraction of sp³-hybridized carbons (Fsp3) is 0.357. The number of hydrogen-bond donors (Lipinski definition) is 1. The molecular formula is C14H19N5OS. The van der Waals surface area contributed by atoms with E-state index in [1.54, 1.807) is 24.3 Å². The lowest BCUT2D eigenvalue weighted by atomic mass is 10.2. The molecule has 2 N–H and O–H groups in total. The van der Waals surface area contributed by atoms with Gasteiger partial charge in [-0.15, -0.1) is 0 Å². The second kappa shape index (κ2) is 6.53. The van der Waals surface area contributed by atoms with Crippen LogP contribution in [0, 0.1) is 0 Å². The maximum absolute atomic E-state index is 12.5. The van der Waals surface area contributed by atoms with Gasteiger partial charge in [-0.1, -0.05) is 11.3 Å². The SMILES string of the molecule is CCN(C)c1nc(N)c(C(=O)N(C)Cc2ccncc2)s1. The highest BCUT2D eigenvalue weighted by atomic mass is 32.1. The average Bonchev–Trinajstić information content (AvgIpc) is 2.88. The van der Waals surface area contributed by atoms with E-state index in [-0.39, 0.29) is 5.91 Å². The maximum atomic E-state index is 12.5. The minimum absolute atomic E-state index is 0.113. The molecule has 0 radical (unpaired) electrons. The second-order valence-electron chi connectivity index (χ2n) is 4.74. The molecule has 0 atom stereocenters. The molecule has 7 heteroatoms. The number of carbonyl (C=O) groups is 1. The topological polar surface area (TPSA) is 75.4 Å². The number of pyridine rings is 1. The summed E-state index contributed by atoms with van der Waals surface area (Å²) in [5, 5.41) is 0.760. The summed E-state index contributed by atoms with van der Waals surface area (Å²) < 4.78 is 0. The van der Waals surface area contributed by atoms with Crippen LogP contribution in [0.1, 0.15) is 22.2 Å². The third kappa shape index (κ3) is 3.49. The van der Waals surface area contributed by atoms with Crippen molar-refractivity contribution in [2.24, 2.45) is 0 Å². The van der Waals surface area contributed by atoms with Gasteiger partial charge < -0.3 is 15.5 Å². The molecule has 2 heterocycles. The summed E-state index contributed by atoms with van der Waals surface area (Å²) in [6.07, 6.45) is 3.42. The summed E-state index contributed by atoms with van der Waals surface area (Å²) in [5.41, 5.74) is 6.90. The Morgan fingerprint density at radius 3 is 2.62 bits per heavy atom. The first-order valence-electron chi connectivity index (χ1n) is 6.64. The van der Waals surface area contributed by atoms with Gasteiger partial charge >= 0.3 is 0 Å². The summed E-state index contributed by atoms with van der Waals surface area (Å²) in [7, 11) is 3.68. The molecule has 0 aliphatic carbocycles. The molecule has 0 fully saturated rings. The number of hydrogen-bond acceptors (Lipinski definition) is 6. The van der Waals surface area contributed by atoms with Gasteiger partial charge in [-0.25, -0.2) is 4.98 Å². The lowest BCUT2D eigenvalue weighted by molar-refractivity contribution is 0.0790. The van der Waals surface area contributed by atoms with Crippen LogP contribution in [0.15, 0.2) is 24.5 Å². The Morgan fingerprint density at radius 2 is 2.00 bits per heavy atom. The number of amides is 1. The smallest absolute Gasteiger partial charge is 0.267 e. The predicted octanol–water partition coefficient (Wildman–Crippen LogP) is 1.85. The number of carbonyl (C=O) groups excluding carboxylic acids is 1. The van der Waals surface area contributed by atoms with Crippen LogP contribution in [0.4, 0.5) is 10.9 Å². The Bertz CT molecular complexity index is 613. The Hall–Kier alpha value is -2.15. The van der Waals surface area contributed by atoms with Crippen LogP contribution >= 0.6 is 11.3 Å².